The lowest BCUT2D eigenvalue weighted by Gasteiger charge is -2.23. The number of hydrogen-bond acceptors (Lipinski definition) is 11. The zero-order valence-electron chi connectivity index (χ0n) is 19.5. The van der Waals surface area contributed by atoms with Crippen molar-refractivity contribution in [1.29, 1.82) is 0 Å². The Morgan fingerprint density at radius 3 is 1.55 bits per heavy atom. The van der Waals surface area contributed by atoms with Gasteiger partial charge in [0, 0.05) is 0 Å². The summed E-state index contributed by atoms with van der Waals surface area (Å²) in [5.74, 6) is 0.309. The highest BCUT2D eigenvalue weighted by atomic mass is 79.9. The van der Waals surface area contributed by atoms with Crippen LogP contribution < -0.4 is 0 Å². The minimum Gasteiger partial charge on any atom is -0.303 e. The van der Waals surface area contributed by atoms with Crippen LogP contribution in [-0.2, 0) is 27.1 Å². The number of fused-ring (bicyclic) bond motifs is 1. The standard InChI is InChI=1S/C17H30Br2N6O6P2/c1-7-26-32(27-8-2,28-9-3)21-15-13(18)16-20-23-24-25(16)17(14(15)19)22-33(29-10-4,30-11-5)31-12-6/h7-12H2,1-6H3. The van der Waals surface area contributed by atoms with Gasteiger partial charge in [0.2, 0.25) is 0 Å². The molecule has 2 aromatic heterocycles. The normalized spacial score (nSPS) is 12.5. The highest BCUT2D eigenvalue weighted by Crippen LogP contribution is 2.60. The molecular weight excluding hydrogens is 606 g/mol. The fraction of sp³-hybridized carbons (Fsp3) is 0.706. The van der Waals surface area contributed by atoms with Crippen LogP contribution in [0.1, 0.15) is 41.5 Å². The van der Waals surface area contributed by atoms with Gasteiger partial charge in [-0.15, -0.1) is 5.10 Å². The maximum absolute atomic E-state index is 5.88. The van der Waals surface area contributed by atoms with Gasteiger partial charge in [-0.3, -0.25) is 0 Å². The van der Waals surface area contributed by atoms with Crippen molar-refractivity contribution >= 4 is 64.5 Å². The van der Waals surface area contributed by atoms with Crippen LogP contribution in [-0.4, -0.2) is 59.7 Å². The Balaban J connectivity index is 2.93. The van der Waals surface area contributed by atoms with E-state index >= 15 is 0 Å². The molecule has 0 aromatic carbocycles. The number of tetrazole rings is 1. The zero-order chi connectivity index (χ0) is 24.5. The van der Waals surface area contributed by atoms with Crippen LogP contribution in [0.25, 0.3) is 5.65 Å². The van der Waals surface area contributed by atoms with Gasteiger partial charge in [-0.25, -0.2) is 0 Å². The molecule has 12 nitrogen and oxygen atoms in total. The monoisotopic (exact) mass is 634 g/mol. The molecule has 2 heterocycles. The van der Waals surface area contributed by atoms with Crippen LogP contribution in [0.4, 0.5) is 11.5 Å². The first-order valence-electron chi connectivity index (χ1n) is 10.6. The first-order valence-corrected chi connectivity index (χ1v) is 15.1. The van der Waals surface area contributed by atoms with E-state index in [-0.39, 0.29) is 0 Å². The van der Waals surface area contributed by atoms with E-state index in [1.807, 2.05) is 41.5 Å². The van der Waals surface area contributed by atoms with Gasteiger partial charge in [0.1, 0.15) is 5.69 Å². The molecule has 188 valence electrons. The Bertz CT molecular complexity index is 990. The van der Waals surface area contributed by atoms with Gasteiger partial charge in [-0.05, 0) is 83.8 Å². The second-order valence-electron chi connectivity index (χ2n) is 5.86. The molecule has 0 unspecified atom stereocenters. The van der Waals surface area contributed by atoms with Gasteiger partial charge < -0.3 is 27.1 Å². The van der Waals surface area contributed by atoms with Crippen molar-refractivity contribution in [1.82, 2.24) is 20.0 Å². The number of nitrogens with zero attached hydrogens (tertiary/aromatic N) is 6. The molecule has 0 N–H and O–H groups in total. The van der Waals surface area contributed by atoms with E-state index in [1.165, 1.54) is 4.52 Å². The molecule has 0 amide bonds. The lowest BCUT2D eigenvalue weighted by Crippen LogP contribution is -2.02. The largest absolute Gasteiger partial charge is 0.362 e. The molecule has 2 aromatic rings. The average Bonchev–Trinajstić information content (AvgIpc) is 3.26. The van der Waals surface area contributed by atoms with E-state index in [9.17, 15) is 0 Å². The summed E-state index contributed by atoms with van der Waals surface area (Å²) in [7, 11) is -6.19. The number of rotatable bonds is 14. The highest BCUT2D eigenvalue weighted by molar-refractivity contribution is 9.11. The van der Waals surface area contributed by atoms with Gasteiger partial charge >= 0.3 is 15.5 Å². The Hall–Kier alpha value is -0.270. The Kier molecular flexibility index (Phi) is 12.0. The number of pyridine rings is 1. The van der Waals surface area contributed by atoms with Crippen molar-refractivity contribution in [2.75, 3.05) is 39.6 Å². The van der Waals surface area contributed by atoms with Gasteiger partial charge in [0.15, 0.2) is 11.5 Å². The first-order chi connectivity index (χ1) is 15.9. The van der Waals surface area contributed by atoms with E-state index < -0.39 is 15.5 Å². The SMILES string of the molecule is CCOP(=Nc1c(Br)c(N=P(OCC)(OCC)OCC)n2nnnc2c1Br)(OCC)OCC. The molecule has 0 atom stereocenters. The van der Waals surface area contributed by atoms with Crippen LogP contribution in [0.5, 0.6) is 0 Å². The predicted molar refractivity (Wildman–Crippen MR) is 134 cm³/mol. The molecule has 0 spiro atoms. The maximum Gasteiger partial charge on any atom is 0.362 e. The summed E-state index contributed by atoms with van der Waals surface area (Å²) in [6, 6.07) is 0. The number of halogens is 2. The second-order valence-corrected chi connectivity index (χ2v) is 11.3. The topological polar surface area (TPSA) is 123 Å². The van der Waals surface area contributed by atoms with Crippen LogP contribution in [0.2, 0.25) is 0 Å². The maximum atomic E-state index is 5.88. The lowest BCUT2D eigenvalue weighted by molar-refractivity contribution is 0.162. The Morgan fingerprint density at radius 1 is 0.697 bits per heavy atom. The average molecular weight is 636 g/mol. The first kappa shape index (κ1) is 29.0. The van der Waals surface area contributed by atoms with E-state index in [0.717, 1.165) is 0 Å². The van der Waals surface area contributed by atoms with Crippen LogP contribution >= 0.6 is 47.3 Å². The number of hydrogen-bond donors (Lipinski definition) is 0. The summed E-state index contributed by atoms with van der Waals surface area (Å²) in [6.45, 7) is 13.2. The molecule has 0 saturated carbocycles. The lowest BCUT2D eigenvalue weighted by atomic mass is 10.4. The van der Waals surface area contributed by atoms with E-state index in [2.05, 4.69) is 47.4 Å². The highest BCUT2D eigenvalue weighted by Gasteiger charge is 2.30. The zero-order valence-corrected chi connectivity index (χ0v) is 24.5. The third-order valence-corrected chi connectivity index (χ3v) is 9.52. The van der Waals surface area contributed by atoms with Gasteiger partial charge in [0.25, 0.3) is 0 Å². The molecule has 0 bridgehead atoms. The molecule has 0 radical (unpaired) electrons. The molecule has 0 aliphatic rings. The quantitative estimate of drug-likeness (QED) is 0.201. The van der Waals surface area contributed by atoms with E-state index in [4.69, 9.17) is 36.6 Å². The van der Waals surface area contributed by atoms with Crippen molar-refractivity contribution in [2.24, 2.45) is 9.49 Å². The summed E-state index contributed by atoms with van der Waals surface area (Å²) in [4.78, 5) is 0. The predicted octanol–water partition coefficient (Wildman–Crippen LogP) is 7.02. The van der Waals surface area contributed by atoms with Crippen molar-refractivity contribution < 1.29 is 27.1 Å². The molecule has 16 heteroatoms. The second kappa shape index (κ2) is 13.7. The fourth-order valence-corrected chi connectivity index (χ4v) is 8.02. The summed E-state index contributed by atoms with van der Waals surface area (Å²) >= 11 is 7.18. The summed E-state index contributed by atoms with van der Waals surface area (Å²) in [5, 5.41) is 12.0. The molecule has 0 fully saturated rings. The summed E-state index contributed by atoms with van der Waals surface area (Å²) in [6.07, 6.45) is 0. The fourth-order valence-electron chi connectivity index (χ4n) is 2.66. The summed E-state index contributed by atoms with van der Waals surface area (Å²) in [5.41, 5.74) is 0.795. The van der Waals surface area contributed by atoms with Crippen molar-refractivity contribution in [3.8, 4) is 0 Å². The molecular formula is C17H30Br2N6O6P2. The van der Waals surface area contributed by atoms with Gasteiger partial charge in [-0.2, -0.15) is 14.0 Å². The van der Waals surface area contributed by atoms with Crippen molar-refractivity contribution in [3.05, 3.63) is 8.95 Å². The third kappa shape index (κ3) is 6.91. The third-order valence-electron chi connectivity index (χ3n) is 3.67. The van der Waals surface area contributed by atoms with E-state index in [1.54, 1.807) is 0 Å². The Morgan fingerprint density at radius 2 is 1.12 bits per heavy atom. The van der Waals surface area contributed by atoms with Crippen LogP contribution in [0.15, 0.2) is 18.4 Å². The molecule has 0 aliphatic heterocycles. The minimum atomic E-state index is -3.11. The van der Waals surface area contributed by atoms with Gasteiger partial charge in [0.05, 0.1) is 48.6 Å². The van der Waals surface area contributed by atoms with E-state index in [0.29, 0.717) is 65.7 Å². The van der Waals surface area contributed by atoms with Crippen molar-refractivity contribution in [2.45, 2.75) is 41.5 Å². The molecule has 0 aliphatic carbocycles. The molecule has 0 saturated heterocycles. The summed E-state index contributed by atoms with van der Waals surface area (Å²) < 4.78 is 47.2. The minimum absolute atomic E-state index is 0.309. The molecule has 33 heavy (non-hydrogen) atoms. The number of aromatic nitrogens is 4. The van der Waals surface area contributed by atoms with Gasteiger partial charge in [-0.1, -0.05) is 0 Å². The van der Waals surface area contributed by atoms with Crippen LogP contribution in [0.3, 0.4) is 0 Å². The van der Waals surface area contributed by atoms with Crippen LogP contribution in [0, 0.1) is 0 Å². The molecule has 2 rings (SSSR count). The smallest absolute Gasteiger partial charge is 0.303 e. The Labute approximate surface area is 210 Å². The van der Waals surface area contributed by atoms with Crippen molar-refractivity contribution in [3.63, 3.8) is 0 Å².